The average Bonchev–Trinajstić information content (AvgIpc) is 2.77. The summed E-state index contributed by atoms with van der Waals surface area (Å²) in [6, 6.07) is 22.4. The Bertz CT molecular complexity index is 1160. The lowest BCUT2D eigenvalue weighted by molar-refractivity contribution is -0.112. The summed E-state index contributed by atoms with van der Waals surface area (Å²) in [6.45, 7) is 0.386. The normalized spacial score (nSPS) is 10.8. The van der Waals surface area contributed by atoms with Gasteiger partial charge >= 0.3 is 0 Å². The lowest BCUT2D eigenvalue weighted by Crippen LogP contribution is -2.13. The van der Waals surface area contributed by atoms with Crippen LogP contribution in [0.15, 0.2) is 81.2 Å². The summed E-state index contributed by atoms with van der Waals surface area (Å²) in [5.41, 5.74) is 2.19. The van der Waals surface area contributed by atoms with Gasteiger partial charge in [-0.15, -0.1) is 0 Å². The van der Waals surface area contributed by atoms with Gasteiger partial charge in [-0.3, -0.25) is 4.79 Å². The lowest BCUT2D eigenvalue weighted by atomic mass is 10.1. The highest BCUT2D eigenvalue weighted by Gasteiger charge is 2.14. The SMILES string of the molecule is COc1cc(/C=C(/C#N)C(=O)Nc2cccc(Br)c2)c(Br)cc1OCc1ccccc1. The molecule has 0 fully saturated rings. The number of rotatable bonds is 7. The van der Waals surface area contributed by atoms with Gasteiger partial charge in [0, 0.05) is 14.6 Å². The molecule has 31 heavy (non-hydrogen) atoms. The van der Waals surface area contributed by atoms with Gasteiger partial charge in [-0.2, -0.15) is 5.26 Å². The van der Waals surface area contributed by atoms with Crippen LogP contribution in [0.4, 0.5) is 5.69 Å². The second-order valence-corrected chi connectivity index (χ2v) is 8.20. The van der Waals surface area contributed by atoms with Gasteiger partial charge in [-0.05, 0) is 47.5 Å². The monoisotopic (exact) mass is 540 g/mol. The molecule has 3 aromatic rings. The summed E-state index contributed by atoms with van der Waals surface area (Å²) in [5, 5.41) is 12.2. The first-order valence-electron chi connectivity index (χ1n) is 9.23. The van der Waals surface area contributed by atoms with Crippen molar-refractivity contribution >= 4 is 49.5 Å². The zero-order valence-electron chi connectivity index (χ0n) is 16.6. The smallest absolute Gasteiger partial charge is 0.266 e. The van der Waals surface area contributed by atoms with Crippen molar-refractivity contribution in [3.05, 3.63) is 92.4 Å². The predicted molar refractivity (Wildman–Crippen MR) is 128 cm³/mol. The summed E-state index contributed by atoms with van der Waals surface area (Å²) < 4.78 is 12.8. The van der Waals surface area contributed by atoms with Crippen LogP contribution in [0.1, 0.15) is 11.1 Å². The minimum absolute atomic E-state index is 0.0410. The van der Waals surface area contributed by atoms with E-state index >= 15 is 0 Å². The maximum atomic E-state index is 12.6. The molecule has 0 saturated carbocycles. The molecule has 0 radical (unpaired) electrons. The van der Waals surface area contributed by atoms with Crippen LogP contribution in [0.3, 0.4) is 0 Å². The van der Waals surface area contributed by atoms with Gasteiger partial charge in [-0.1, -0.05) is 68.3 Å². The fourth-order valence-electron chi connectivity index (χ4n) is 2.74. The number of halogens is 2. The number of methoxy groups -OCH3 is 1. The van der Waals surface area contributed by atoms with Crippen LogP contribution in [0.25, 0.3) is 6.08 Å². The van der Waals surface area contributed by atoms with E-state index in [4.69, 9.17) is 9.47 Å². The number of carbonyl (C=O) groups is 1. The van der Waals surface area contributed by atoms with Gasteiger partial charge in [0.15, 0.2) is 11.5 Å². The number of carbonyl (C=O) groups excluding carboxylic acids is 1. The molecule has 5 nitrogen and oxygen atoms in total. The molecule has 0 aliphatic rings. The average molecular weight is 542 g/mol. The molecule has 0 aromatic heterocycles. The molecule has 3 aromatic carbocycles. The van der Waals surface area contributed by atoms with Crippen LogP contribution < -0.4 is 14.8 Å². The first-order chi connectivity index (χ1) is 15.0. The molecule has 0 bridgehead atoms. The summed E-state index contributed by atoms with van der Waals surface area (Å²) >= 11 is 6.85. The molecule has 0 heterocycles. The van der Waals surface area contributed by atoms with Crippen molar-refractivity contribution in [2.75, 3.05) is 12.4 Å². The van der Waals surface area contributed by atoms with E-state index in [-0.39, 0.29) is 5.57 Å². The number of hydrogen-bond donors (Lipinski definition) is 1. The Balaban J connectivity index is 1.82. The standard InChI is InChI=1S/C24H18Br2N2O3/c1-30-22-11-17(21(26)13-23(22)31-15-16-6-3-2-4-7-16)10-18(14-27)24(29)28-20-9-5-8-19(25)12-20/h2-13H,15H2,1H3,(H,28,29)/b18-10-. The summed E-state index contributed by atoms with van der Waals surface area (Å²) in [5.74, 6) is 0.540. The number of ether oxygens (including phenoxy) is 2. The van der Waals surface area contributed by atoms with E-state index in [1.165, 1.54) is 13.2 Å². The Morgan fingerprint density at radius 1 is 1.06 bits per heavy atom. The predicted octanol–water partition coefficient (Wildman–Crippen LogP) is 6.34. The second kappa shape index (κ2) is 10.8. The third-order valence-corrected chi connectivity index (χ3v) is 5.45. The zero-order valence-corrected chi connectivity index (χ0v) is 19.7. The highest BCUT2D eigenvalue weighted by Crippen LogP contribution is 2.35. The first kappa shape index (κ1) is 22.6. The van der Waals surface area contributed by atoms with Gasteiger partial charge in [0.2, 0.25) is 0 Å². The highest BCUT2D eigenvalue weighted by atomic mass is 79.9. The Kier molecular flexibility index (Phi) is 7.88. The minimum atomic E-state index is -0.504. The quantitative estimate of drug-likeness (QED) is 0.279. The van der Waals surface area contributed by atoms with E-state index in [2.05, 4.69) is 37.2 Å². The number of nitriles is 1. The van der Waals surface area contributed by atoms with Gasteiger partial charge in [-0.25, -0.2) is 0 Å². The van der Waals surface area contributed by atoms with Gasteiger partial charge < -0.3 is 14.8 Å². The lowest BCUT2D eigenvalue weighted by Gasteiger charge is -2.13. The van der Waals surface area contributed by atoms with Crippen molar-refractivity contribution in [2.24, 2.45) is 0 Å². The van der Waals surface area contributed by atoms with E-state index in [1.54, 1.807) is 30.3 Å². The molecule has 7 heteroatoms. The Hall–Kier alpha value is -3.08. The van der Waals surface area contributed by atoms with E-state index in [9.17, 15) is 10.1 Å². The second-order valence-electron chi connectivity index (χ2n) is 6.43. The Labute approximate surface area is 197 Å². The van der Waals surface area contributed by atoms with Crippen molar-refractivity contribution in [2.45, 2.75) is 6.61 Å². The summed E-state index contributed by atoms with van der Waals surface area (Å²) in [7, 11) is 1.54. The van der Waals surface area contributed by atoms with Crippen LogP contribution in [0.5, 0.6) is 11.5 Å². The minimum Gasteiger partial charge on any atom is -0.493 e. The van der Waals surface area contributed by atoms with Crippen LogP contribution in [0.2, 0.25) is 0 Å². The van der Waals surface area contributed by atoms with Crippen LogP contribution in [-0.4, -0.2) is 13.0 Å². The molecule has 0 unspecified atom stereocenters. The molecular weight excluding hydrogens is 524 g/mol. The maximum absolute atomic E-state index is 12.6. The molecule has 0 saturated heterocycles. The van der Waals surface area contributed by atoms with E-state index in [0.29, 0.717) is 33.8 Å². The van der Waals surface area contributed by atoms with Gasteiger partial charge in [0.25, 0.3) is 5.91 Å². The number of benzene rings is 3. The largest absolute Gasteiger partial charge is 0.493 e. The molecule has 3 rings (SSSR count). The summed E-state index contributed by atoms with van der Waals surface area (Å²) in [6.07, 6.45) is 1.50. The zero-order chi connectivity index (χ0) is 22.2. The van der Waals surface area contributed by atoms with Crippen molar-refractivity contribution in [1.29, 1.82) is 5.26 Å². The third-order valence-electron chi connectivity index (χ3n) is 4.27. The van der Waals surface area contributed by atoms with Crippen molar-refractivity contribution in [3.63, 3.8) is 0 Å². The number of amides is 1. The van der Waals surface area contributed by atoms with E-state index < -0.39 is 5.91 Å². The summed E-state index contributed by atoms with van der Waals surface area (Å²) in [4.78, 5) is 12.6. The Morgan fingerprint density at radius 2 is 1.84 bits per heavy atom. The molecule has 0 aliphatic heterocycles. The molecule has 1 amide bonds. The molecule has 0 atom stereocenters. The number of hydrogen-bond acceptors (Lipinski definition) is 4. The number of anilines is 1. The highest BCUT2D eigenvalue weighted by molar-refractivity contribution is 9.10. The third kappa shape index (κ3) is 6.20. The van der Waals surface area contributed by atoms with E-state index in [0.717, 1.165) is 10.0 Å². The first-order valence-corrected chi connectivity index (χ1v) is 10.8. The van der Waals surface area contributed by atoms with Crippen molar-refractivity contribution < 1.29 is 14.3 Å². The van der Waals surface area contributed by atoms with Crippen LogP contribution in [-0.2, 0) is 11.4 Å². The topological polar surface area (TPSA) is 71.3 Å². The van der Waals surface area contributed by atoms with Crippen molar-refractivity contribution in [1.82, 2.24) is 0 Å². The molecule has 1 N–H and O–H groups in total. The van der Waals surface area contributed by atoms with Crippen molar-refractivity contribution in [3.8, 4) is 17.6 Å². The van der Waals surface area contributed by atoms with E-state index in [1.807, 2.05) is 42.5 Å². The molecule has 156 valence electrons. The molecule has 0 aliphatic carbocycles. The van der Waals surface area contributed by atoms with Crippen LogP contribution in [0, 0.1) is 11.3 Å². The fourth-order valence-corrected chi connectivity index (χ4v) is 3.57. The van der Waals surface area contributed by atoms with Gasteiger partial charge in [0.1, 0.15) is 18.2 Å². The maximum Gasteiger partial charge on any atom is 0.266 e. The molecule has 0 spiro atoms. The number of nitrogens with zero attached hydrogens (tertiary/aromatic N) is 1. The van der Waals surface area contributed by atoms with Gasteiger partial charge in [0.05, 0.1) is 7.11 Å². The molecular formula is C24H18Br2N2O3. The fraction of sp³-hybridized carbons (Fsp3) is 0.0833. The Morgan fingerprint density at radius 3 is 2.52 bits per heavy atom. The number of nitrogens with one attached hydrogen (secondary N) is 1. The van der Waals surface area contributed by atoms with Crippen LogP contribution >= 0.6 is 31.9 Å².